The molecule has 3 fully saturated rings. The minimum absolute atomic E-state index is 0.104. The average Bonchev–Trinajstić information content (AvgIpc) is 3.70. The van der Waals surface area contributed by atoms with Crippen LogP contribution in [0.1, 0.15) is 37.7 Å². The second kappa shape index (κ2) is 9.78. The molecule has 6 heteroatoms. The predicted molar refractivity (Wildman–Crippen MR) is 120 cm³/mol. The van der Waals surface area contributed by atoms with Crippen molar-refractivity contribution in [2.75, 3.05) is 53.0 Å². The Kier molecular flexibility index (Phi) is 6.87. The zero-order valence-corrected chi connectivity index (χ0v) is 19.1. The molecule has 0 N–H and O–H groups in total. The average molecular weight is 433 g/mol. The zero-order valence-electron chi connectivity index (χ0n) is 18.3. The van der Waals surface area contributed by atoms with Gasteiger partial charge in [0.2, 0.25) is 0 Å². The Bertz CT molecular complexity index is 690. The van der Waals surface area contributed by atoms with Gasteiger partial charge in [-0.15, -0.1) is 0 Å². The molecule has 2 aliphatic heterocycles. The van der Waals surface area contributed by atoms with Gasteiger partial charge in [0.15, 0.2) is 0 Å². The molecule has 30 heavy (non-hydrogen) atoms. The molecule has 4 aliphatic rings. The number of piperazine rings is 1. The van der Waals surface area contributed by atoms with Crippen molar-refractivity contribution in [3.63, 3.8) is 0 Å². The number of hydrogen-bond donors (Lipinski definition) is 0. The van der Waals surface area contributed by atoms with Crippen molar-refractivity contribution in [3.05, 3.63) is 23.8 Å². The van der Waals surface area contributed by atoms with Gasteiger partial charge in [-0.25, -0.2) is 0 Å². The van der Waals surface area contributed by atoms with Crippen molar-refractivity contribution in [2.45, 2.75) is 55.6 Å². The molecule has 0 amide bonds. The van der Waals surface area contributed by atoms with Crippen molar-refractivity contribution in [1.82, 2.24) is 9.80 Å². The summed E-state index contributed by atoms with van der Waals surface area (Å²) in [6.45, 7) is 7.10. The van der Waals surface area contributed by atoms with Crippen LogP contribution in [0.5, 0.6) is 5.75 Å². The SMILES string of the molecule is COC(COSc1cccc2c1OCCC2)CN1CCN(C(C2CC2)C2CC2)CC1. The highest BCUT2D eigenvalue weighted by molar-refractivity contribution is 7.94. The third-order valence-electron chi connectivity index (χ3n) is 7.13. The topological polar surface area (TPSA) is 34.2 Å². The van der Waals surface area contributed by atoms with Gasteiger partial charge in [0.1, 0.15) is 5.75 Å². The van der Waals surface area contributed by atoms with Gasteiger partial charge in [-0.1, -0.05) is 12.1 Å². The number of ether oxygens (including phenoxy) is 2. The lowest BCUT2D eigenvalue weighted by Crippen LogP contribution is -2.53. The fraction of sp³-hybridized carbons (Fsp3) is 0.750. The van der Waals surface area contributed by atoms with E-state index in [1.165, 1.54) is 56.4 Å². The second-order valence-corrected chi connectivity index (χ2v) is 10.3. The van der Waals surface area contributed by atoms with E-state index < -0.39 is 0 Å². The Morgan fingerprint density at radius 3 is 2.57 bits per heavy atom. The molecule has 0 radical (unpaired) electrons. The number of benzene rings is 1. The zero-order chi connectivity index (χ0) is 20.3. The molecule has 5 rings (SSSR count). The highest BCUT2D eigenvalue weighted by atomic mass is 32.2. The minimum Gasteiger partial charge on any atom is -0.492 e. The summed E-state index contributed by atoms with van der Waals surface area (Å²) in [5.74, 6) is 3.03. The van der Waals surface area contributed by atoms with Crippen LogP contribution in [0.3, 0.4) is 0 Å². The molecule has 1 unspecified atom stereocenters. The van der Waals surface area contributed by atoms with Crippen molar-refractivity contribution >= 4 is 12.0 Å². The van der Waals surface area contributed by atoms with Crippen LogP contribution >= 0.6 is 12.0 Å². The number of methoxy groups -OCH3 is 1. The van der Waals surface area contributed by atoms with Crippen molar-refractivity contribution < 1.29 is 13.7 Å². The van der Waals surface area contributed by atoms with E-state index in [1.54, 1.807) is 7.11 Å². The maximum Gasteiger partial charge on any atom is 0.138 e. The molecule has 1 aromatic rings. The van der Waals surface area contributed by atoms with E-state index in [2.05, 4.69) is 28.0 Å². The van der Waals surface area contributed by atoms with Gasteiger partial charge in [0.05, 0.1) is 24.2 Å². The molecule has 0 aromatic heterocycles. The van der Waals surface area contributed by atoms with Gasteiger partial charge in [0, 0.05) is 57.9 Å². The highest BCUT2D eigenvalue weighted by Crippen LogP contribution is 2.47. The lowest BCUT2D eigenvalue weighted by atomic mass is 10.0. The summed E-state index contributed by atoms with van der Waals surface area (Å²) >= 11 is 1.43. The van der Waals surface area contributed by atoms with E-state index in [0.29, 0.717) is 6.61 Å². The fourth-order valence-corrected chi connectivity index (χ4v) is 5.93. The molecule has 1 saturated heterocycles. The van der Waals surface area contributed by atoms with E-state index in [9.17, 15) is 0 Å². The standard InChI is InChI=1S/C24H36N2O3S/c1-27-21(17-29-30-22-6-2-4-20-5-3-15-28-24(20)22)16-25-11-13-26(14-12-25)23(18-7-8-18)19-9-10-19/h2,4,6,18-19,21,23H,3,5,7-17H2,1H3. The summed E-state index contributed by atoms with van der Waals surface area (Å²) in [7, 11) is 1.80. The molecule has 166 valence electrons. The summed E-state index contributed by atoms with van der Waals surface area (Å²) in [6.07, 6.45) is 8.18. The number of aryl methyl sites for hydroxylation is 1. The normalized spacial score (nSPS) is 23.9. The van der Waals surface area contributed by atoms with E-state index in [4.69, 9.17) is 13.7 Å². The van der Waals surface area contributed by atoms with Gasteiger partial charge in [-0.2, -0.15) is 0 Å². The molecular formula is C24H36N2O3S. The highest BCUT2D eigenvalue weighted by Gasteiger charge is 2.45. The molecular weight excluding hydrogens is 396 g/mol. The summed E-state index contributed by atoms with van der Waals surface area (Å²) in [5.41, 5.74) is 1.30. The molecule has 2 heterocycles. The van der Waals surface area contributed by atoms with Crippen molar-refractivity contribution in [3.8, 4) is 5.75 Å². The lowest BCUT2D eigenvalue weighted by Gasteiger charge is -2.40. The third-order valence-corrected chi connectivity index (χ3v) is 7.89. The van der Waals surface area contributed by atoms with E-state index in [1.807, 2.05) is 0 Å². The van der Waals surface area contributed by atoms with E-state index >= 15 is 0 Å². The smallest absolute Gasteiger partial charge is 0.138 e. The van der Waals surface area contributed by atoms with E-state index in [0.717, 1.165) is 67.6 Å². The molecule has 2 saturated carbocycles. The van der Waals surface area contributed by atoms with Crippen molar-refractivity contribution in [1.29, 1.82) is 0 Å². The van der Waals surface area contributed by atoms with Crippen LogP contribution in [-0.2, 0) is 15.3 Å². The maximum absolute atomic E-state index is 5.99. The summed E-state index contributed by atoms with van der Waals surface area (Å²) < 4.78 is 17.6. The third kappa shape index (κ3) is 5.16. The Balaban J connectivity index is 1.06. The first-order chi connectivity index (χ1) is 14.8. The van der Waals surface area contributed by atoms with Crippen LogP contribution in [-0.4, -0.2) is 75.0 Å². The lowest BCUT2D eigenvalue weighted by molar-refractivity contribution is 0.0106. The molecule has 1 aromatic carbocycles. The first kappa shape index (κ1) is 21.1. The first-order valence-electron chi connectivity index (χ1n) is 11.8. The van der Waals surface area contributed by atoms with Crippen LogP contribution in [0.25, 0.3) is 0 Å². The summed E-state index contributed by atoms with van der Waals surface area (Å²) in [4.78, 5) is 6.45. The van der Waals surface area contributed by atoms with Gasteiger partial charge in [-0.3, -0.25) is 9.80 Å². The van der Waals surface area contributed by atoms with Crippen LogP contribution in [0.2, 0.25) is 0 Å². The van der Waals surface area contributed by atoms with Gasteiger partial charge in [0.25, 0.3) is 0 Å². The Hall–Kier alpha value is -0.790. The number of nitrogens with zero attached hydrogens (tertiary/aromatic N) is 2. The first-order valence-corrected chi connectivity index (χ1v) is 12.6. The Labute approximate surface area is 185 Å². The number of fused-ring (bicyclic) bond motifs is 1. The molecule has 2 aliphatic carbocycles. The molecule has 5 nitrogen and oxygen atoms in total. The van der Waals surface area contributed by atoms with E-state index in [-0.39, 0.29) is 6.10 Å². The van der Waals surface area contributed by atoms with Gasteiger partial charge in [-0.05, 0) is 62.0 Å². The fourth-order valence-electron chi connectivity index (χ4n) is 5.18. The second-order valence-electron chi connectivity index (χ2n) is 9.42. The maximum atomic E-state index is 5.99. The molecule has 1 atom stereocenters. The summed E-state index contributed by atoms with van der Waals surface area (Å²) in [6, 6.07) is 7.24. The quantitative estimate of drug-likeness (QED) is 0.523. The van der Waals surface area contributed by atoms with Crippen molar-refractivity contribution in [2.24, 2.45) is 11.8 Å². The predicted octanol–water partition coefficient (Wildman–Crippen LogP) is 3.86. The summed E-state index contributed by atoms with van der Waals surface area (Å²) in [5, 5.41) is 0. The number of hydrogen-bond acceptors (Lipinski definition) is 6. The minimum atomic E-state index is 0.104. The van der Waals surface area contributed by atoms with Crippen LogP contribution in [0.4, 0.5) is 0 Å². The van der Waals surface area contributed by atoms with Gasteiger partial charge < -0.3 is 13.7 Å². The largest absolute Gasteiger partial charge is 0.492 e. The number of para-hydroxylation sites is 1. The van der Waals surface area contributed by atoms with Crippen LogP contribution < -0.4 is 4.74 Å². The van der Waals surface area contributed by atoms with Gasteiger partial charge >= 0.3 is 0 Å². The Morgan fingerprint density at radius 1 is 1.10 bits per heavy atom. The van der Waals surface area contributed by atoms with Crippen LogP contribution in [0, 0.1) is 11.8 Å². The molecule has 0 bridgehead atoms. The Morgan fingerprint density at radius 2 is 1.87 bits per heavy atom. The monoisotopic (exact) mass is 432 g/mol. The molecule has 0 spiro atoms. The number of rotatable bonds is 10. The van der Waals surface area contributed by atoms with Crippen LogP contribution in [0.15, 0.2) is 23.1 Å².